The normalized spacial score (nSPS) is 8.46. The summed E-state index contributed by atoms with van der Waals surface area (Å²) in [6.07, 6.45) is 1.02. The minimum atomic E-state index is -0.870. The van der Waals surface area contributed by atoms with E-state index in [4.69, 9.17) is 15.3 Å². The molecule has 0 heterocycles. The van der Waals surface area contributed by atoms with Gasteiger partial charge in [-0.3, -0.25) is 9.59 Å². The van der Waals surface area contributed by atoms with Crippen LogP contribution in [-0.2, 0) is 9.59 Å². The zero-order valence-corrected chi connectivity index (χ0v) is 7.69. The Bertz CT molecular complexity index is 127. The predicted octanol–water partition coefficient (Wildman–Crippen LogP) is 0.715. The Hall–Kier alpha value is -1.10. The van der Waals surface area contributed by atoms with E-state index in [1.54, 1.807) is 6.92 Å². The molecule has 0 saturated heterocycles. The third-order valence-corrected chi connectivity index (χ3v) is 1.03. The average Bonchev–Trinajstić information content (AvgIpc) is 1.99. The zero-order chi connectivity index (χ0) is 10.7. The number of rotatable bonds is 5. The topological polar surface area (TPSA) is 94.8 Å². The number of unbranched alkanes of at least 4 members (excludes halogenated alkanes) is 1. The number of carbonyl (C=O) groups is 2. The molecule has 0 aliphatic carbocycles. The summed E-state index contributed by atoms with van der Waals surface area (Å²) in [7, 11) is 0. The molecule has 3 N–H and O–H groups in total. The Kier molecular flexibility index (Phi) is 12.1. The van der Waals surface area contributed by atoms with Crippen molar-refractivity contribution in [2.75, 3.05) is 6.61 Å². The van der Waals surface area contributed by atoms with Crippen LogP contribution in [0.4, 0.5) is 0 Å². The Morgan fingerprint density at radius 1 is 1.00 bits per heavy atom. The van der Waals surface area contributed by atoms with Crippen LogP contribution in [0.15, 0.2) is 0 Å². The molecule has 0 bridgehead atoms. The van der Waals surface area contributed by atoms with Gasteiger partial charge in [0.05, 0.1) is 0 Å². The average molecular weight is 192 g/mol. The molecule has 0 radical (unpaired) electrons. The molecule has 0 fully saturated rings. The van der Waals surface area contributed by atoms with Crippen LogP contribution < -0.4 is 0 Å². The van der Waals surface area contributed by atoms with Crippen molar-refractivity contribution in [1.29, 1.82) is 0 Å². The highest BCUT2D eigenvalue weighted by molar-refractivity contribution is 5.67. The van der Waals surface area contributed by atoms with E-state index in [-0.39, 0.29) is 19.4 Å². The first-order chi connectivity index (χ1) is 6.04. The monoisotopic (exact) mass is 192 g/mol. The Labute approximate surface area is 77.0 Å². The van der Waals surface area contributed by atoms with Crippen molar-refractivity contribution in [1.82, 2.24) is 0 Å². The lowest BCUT2D eigenvalue weighted by molar-refractivity contribution is -0.139. The first-order valence-corrected chi connectivity index (χ1v) is 4.09. The summed E-state index contributed by atoms with van der Waals surface area (Å²) in [6.45, 7) is 1.93. The van der Waals surface area contributed by atoms with Gasteiger partial charge >= 0.3 is 11.9 Å². The van der Waals surface area contributed by atoms with Gasteiger partial charge in [0.2, 0.25) is 0 Å². The van der Waals surface area contributed by atoms with Crippen LogP contribution in [0.3, 0.4) is 0 Å². The number of aliphatic hydroxyl groups is 1. The van der Waals surface area contributed by atoms with Crippen LogP contribution in [-0.4, -0.2) is 33.9 Å². The van der Waals surface area contributed by atoms with E-state index in [1.165, 1.54) is 0 Å². The molecule has 0 aliphatic rings. The van der Waals surface area contributed by atoms with E-state index in [2.05, 4.69) is 0 Å². The second kappa shape index (κ2) is 10.9. The molecule has 0 amide bonds. The molecule has 0 aromatic heterocycles. The van der Waals surface area contributed by atoms with Gasteiger partial charge in [-0.15, -0.1) is 0 Å². The lowest BCUT2D eigenvalue weighted by atomic mass is 10.2. The molecule has 0 aromatic carbocycles. The second-order valence-electron chi connectivity index (χ2n) is 2.31. The van der Waals surface area contributed by atoms with Gasteiger partial charge in [-0.2, -0.15) is 0 Å². The van der Waals surface area contributed by atoms with Crippen LogP contribution >= 0.6 is 0 Å². The number of aliphatic hydroxyl groups excluding tert-OH is 1. The van der Waals surface area contributed by atoms with Crippen molar-refractivity contribution in [2.45, 2.75) is 32.6 Å². The first-order valence-electron chi connectivity index (χ1n) is 4.09. The van der Waals surface area contributed by atoms with Gasteiger partial charge in [0, 0.05) is 19.4 Å². The van der Waals surface area contributed by atoms with Gasteiger partial charge in [-0.25, -0.2) is 0 Å². The van der Waals surface area contributed by atoms with Crippen molar-refractivity contribution in [3.63, 3.8) is 0 Å². The molecule has 0 rings (SSSR count). The molecule has 0 aliphatic heterocycles. The highest BCUT2D eigenvalue weighted by Crippen LogP contribution is 1.98. The van der Waals surface area contributed by atoms with E-state index < -0.39 is 11.9 Å². The maximum atomic E-state index is 9.90. The fourth-order valence-corrected chi connectivity index (χ4v) is 0.552. The Morgan fingerprint density at radius 3 is 1.38 bits per heavy atom. The SMILES string of the molecule is CCO.O=C(O)CCCCC(=O)O. The van der Waals surface area contributed by atoms with E-state index >= 15 is 0 Å². The number of carboxylic acid groups (broad SMARTS) is 2. The third-order valence-electron chi connectivity index (χ3n) is 1.03. The molecular formula is C8H16O5. The summed E-state index contributed by atoms with van der Waals surface area (Å²) in [5, 5.41) is 23.8. The van der Waals surface area contributed by atoms with Gasteiger partial charge in [-0.05, 0) is 19.8 Å². The van der Waals surface area contributed by atoms with Gasteiger partial charge in [-0.1, -0.05) is 0 Å². The van der Waals surface area contributed by atoms with E-state index in [0.717, 1.165) is 0 Å². The van der Waals surface area contributed by atoms with Crippen molar-refractivity contribution in [3.05, 3.63) is 0 Å². The molecule has 0 atom stereocenters. The zero-order valence-electron chi connectivity index (χ0n) is 7.69. The number of hydrogen-bond acceptors (Lipinski definition) is 3. The fraction of sp³-hybridized carbons (Fsp3) is 0.750. The highest BCUT2D eigenvalue weighted by atomic mass is 16.4. The molecular weight excluding hydrogens is 176 g/mol. The van der Waals surface area contributed by atoms with E-state index in [1.807, 2.05) is 0 Å². The van der Waals surface area contributed by atoms with Gasteiger partial charge in [0.25, 0.3) is 0 Å². The summed E-state index contributed by atoms with van der Waals surface area (Å²) >= 11 is 0. The van der Waals surface area contributed by atoms with Crippen molar-refractivity contribution >= 4 is 11.9 Å². The van der Waals surface area contributed by atoms with Crippen molar-refractivity contribution in [3.8, 4) is 0 Å². The van der Waals surface area contributed by atoms with Gasteiger partial charge < -0.3 is 15.3 Å². The summed E-state index contributed by atoms with van der Waals surface area (Å²) < 4.78 is 0. The summed E-state index contributed by atoms with van der Waals surface area (Å²) in [5.74, 6) is -1.74. The molecule has 13 heavy (non-hydrogen) atoms. The molecule has 0 aromatic rings. The minimum Gasteiger partial charge on any atom is -0.481 e. The first kappa shape index (κ1) is 14.4. The van der Waals surface area contributed by atoms with E-state index in [0.29, 0.717) is 12.8 Å². The molecule has 5 heteroatoms. The fourth-order valence-electron chi connectivity index (χ4n) is 0.552. The van der Waals surface area contributed by atoms with Crippen LogP contribution in [0.1, 0.15) is 32.6 Å². The van der Waals surface area contributed by atoms with Crippen LogP contribution in [0.5, 0.6) is 0 Å². The van der Waals surface area contributed by atoms with Crippen LogP contribution in [0, 0.1) is 0 Å². The maximum Gasteiger partial charge on any atom is 0.303 e. The highest BCUT2D eigenvalue weighted by Gasteiger charge is 1.99. The predicted molar refractivity (Wildman–Crippen MR) is 46.5 cm³/mol. The van der Waals surface area contributed by atoms with E-state index in [9.17, 15) is 9.59 Å². The standard InChI is InChI=1S/C6H10O4.C2H6O/c7-5(8)3-1-2-4-6(9)10;1-2-3/h1-4H2,(H,7,8)(H,9,10);3H,2H2,1H3. The van der Waals surface area contributed by atoms with Gasteiger partial charge in [0.15, 0.2) is 0 Å². The minimum absolute atomic E-state index is 0.0628. The number of carboxylic acids is 2. The molecule has 78 valence electrons. The molecule has 0 spiro atoms. The van der Waals surface area contributed by atoms with Crippen molar-refractivity contribution < 1.29 is 24.9 Å². The Balaban J connectivity index is 0. The smallest absolute Gasteiger partial charge is 0.303 e. The quantitative estimate of drug-likeness (QED) is 0.558. The summed E-state index contributed by atoms with van der Waals surface area (Å²) in [6, 6.07) is 0. The lowest BCUT2D eigenvalue weighted by Crippen LogP contribution is -1.97. The van der Waals surface area contributed by atoms with Crippen LogP contribution in [0.25, 0.3) is 0 Å². The summed E-state index contributed by atoms with van der Waals surface area (Å²) in [4.78, 5) is 19.8. The Morgan fingerprint density at radius 2 is 1.23 bits per heavy atom. The van der Waals surface area contributed by atoms with Gasteiger partial charge in [0.1, 0.15) is 0 Å². The summed E-state index contributed by atoms with van der Waals surface area (Å²) in [5.41, 5.74) is 0. The second-order valence-corrected chi connectivity index (χ2v) is 2.31. The number of aliphatic carboxylic acids is 2. The number of hydrogen-bond donors (Lipinski definition) is 3. The lowest BCUT2D eigenvalue weighted by Gasteiger charge is -1.92. The van der Waals surface area contributed by atoms with Crippen LogP contribution in [0.2, 0.25) is 0 Å². The molecule has 0 saturated carbocycles. The molecule has 5 nitrogen and oxygen atoms in total. The van der Waals surface area contributed by atoms with Crippen molar-refractivity contribution in [2.24, 2.45) is 0 Å². The largest absolute Gasteiger partial charge is 0.481 e. The third kappa shape index (κ3) is 24.8. The maximum absolute atomic E-state index is 9.90. The molecule has 0 unspecified atom stereocenters.